The minimum Gasteiger partial charge on any atom is -0.103 e. The van der Waals surface area contributed by atoms with Crippen LogP contribution in [-0.2, 0) is 6.42 Å². The zero-order chi connectivity index (χ0) is 23.6. The Morgan fingerprint density at radius 1 is 0.676 bits per heavy atom. The van der Waals surface area contributed by atoms with Gasteiger partial charge in [0, 0.05) is 0 Å². The van der Waals surface area contributed by atoms with Gasteiger partial charge in [0.15, 0.2) is 0 Å². The van der Waals surface area contributed by atoms with Crippen LogP contribution < -0.4 is 0 Å². The monoisotopic (exact) mass is 462 g/mol. The fourth-order valence-electron chi connectivity index (χ4n) is 7.96. The predicted molar refractivity (Wildman–Crippen MR) is 149 cm³/mol. The van der Waals surface area contributed by atoms with E-state index in [4.69, 9.17) is 0 Å². The highest BCUT2D eigenvalue weighted by molar-refractivity contribution is 5.27. The number of rotatable bonds is 12. The molecule has 0 amide bonds. The molecule has 0 spiro atoms. The minimum atomic E-state index is 0.817. The Morgan fingerprint density at radius 2 is 1.29 bits per heavy atom. The molecule has 0 radical (unpaired) electrons. The van der Waals surface area contributed by atoms with Gasteiger partial charge in [-0.2, -0.15) is 0 Å². The van der Waals surface area contributed by atoms with Crippen molar-refractivity contribution in [1.82, 2.24) is 0 Å². The zero-order valence-electron chi connectivity index (χ0n) is 22.5. The summed E-state index contributed by atoms with van der Waals surface area (Å²) in [7, 11) is 0. The van der Waals surface area contributed by atoms with Crippen LogP contribution in [0.25, 0.3) is 0 Å². The van der Waals surface area contributed by atoms with Gasteiger partial charge in [-0.1, -0.05) is 121 Å². The van der Waals surface area contributed by atoms with Crippen molar-refractivity contribution in [3.05, 3.63) is 48.0 Å². The second-order valence-electron chi connectivity index (χ2n) is 12.6. The van der Waals surface area contributed by atoms with Crippen LogP contribution in [0.5, 0.6) is 0 Å². The number of hydrogen-bond donors (Lipinski definition) is 0. The normalized spacial score (nSPS) is 31.7. The van der Waals surface area contributed by atoms with Crippen LogP contribution in [0.1, 0.15) is 140 Å². The number of fused-ring (bicyclic) bond motifs is 1. The molecule has 4 rings (SSSR count). The number of hydrogen-bond acceptors (Lipinski definition) is 0. The third-order valence-corrected chi connectivity index (χ3v) is 10.2. The van der Waals surface area contributed by atoms with Crippen LogP contribution in [0.4, 0.5) is 0 Å². The molecule has 190 valence electrons. The molecule has 0 aromatic heterocycles. The van der Waals surface area contributed by atoms with E-state index in [9.17, 15) is 0 Å². The summed E-state index contributed by atoms with van der Waals surface area (Å²) in [5.74, 6) is 6.05. The maximum Gasteiger partial charge on any atom is -0.0100 e. The lowest BCUT2D eigenvalue weighted by Crippen LogP contribution is -2.30. The van der Waals surface area contributed by atoms with Gasteiger partial charge < -0.3 is 0 Å². The quantitative estimate of drug-likeness (QED) is 0.214. The molecular formula is C34H54. The molecular weight excluding hydrogens is 408 g/mol. The van der Waals surface area contributed by atoms with Crippen LogP contribution in [-0.4, -0.2) is 0 Å². The molecule has 0 N–H and O–H groups in total. The van der Waals surface area contributed by atoms with Crippen molar-refractivity contribution >= 4 is 0 Å². The summed E-state index contributed by atoms with van der Waals surface area (Å²) in [5, 5.41) is 0. The van der Waals surface area contributed by atoms with Gasteiger partial charge in [0.05, 0.1) is 0 Å². The Balaban J connectivity index is 1.11. The summed E-state index contributed by atoms with van der Waals surface area (Å²) in [4.78, 5) is 0. The first-order valence-corrected chi connectivity index (χ1v) is 15.4. The standard InChI is InChI=1S/C34H54/c1-3-5-6-7-8-10-28-11-13-29(14-12-28)15-16-30-19-22-34-26-33(24-23-32(34)25-30)31-20-17-27(9-4-2)18-21-31/h4,17-18,20-21,28-30,32-34H,2-3,5-16,19,22-26H2,1H3. The van der Waals surface area contributed by atoms with Gasteiger partial charge in [-0.15, -0.1) is 6.58 Å². The van der Waals surface area contributed by atoms with E-state index < -0.39 is 0 Å². The molecule has 3 fully saturated rings. The maximum absolute atomic E-state index is 3.88. The zero-order valence-corrected chi connectivity index (χ0v) is 22.5. The molecule has 34 heavy (non-hydrogen) atoms. The first-order chi connectivity index (χ1) is 16.7. The fraction of sp³-hybridized carbons (Fsp3) is 0.765. The minimum absolute atomic E-state index is 0.817. The molecule has 0 heteroatoms. The highest BCUT2D eigenvalue weighted by Crippen LogP contribution is 2.49. The van der Waals surface area contributed by atoms with Gasteiger partial charge in [-0.3, -0.25) is 0 Å². The first kappa shape index (κ1) is 26.0. The Bertz CT molecular complexity index is 691. The molecule has 1 aromatic carbocycles. The molecule has 3 aliphatic rings. The van der Waals surface area contributed by atoms with Crippen LogP contribution in [0, 0.1) is 29.6 Å². The molecule has 0 bridgehead atoms. The van der Waals surface area contributed by atoms with Crippen molar-refractivity contribution in [3.8, 4) is 0 Å². The van der Waals surface area contributed by atoms with Crippen molar-refractivity contribution in [2.45, 2.75) is 135 Å². The van der Waals surface area contributed by atoms with Crippen molar-refractivity contribution in [3.63, 3.8) is 0 Å². The van der Waals surface area contributed by atoms with Crippen LogP contribution >= 0.6 is 0 Å². The highest BCUT2D eigenvalue weighted by atomic mass is 14.4. The summed E-state index contributed by atoms with van der Waals surface area (Å²) in [6.07, 6.45) is 30.1. The predicted octanol–water partition coefficient (Wildman–Crippen LogP) is 10.7. The van der Waals surface area contributed by atoms with Crippen molar-refractivity contribution in [2.75, 3.05) is 0 Å². The molecule has 0 aliphatic heterocycles. The smallest absolute Gasteiger partial charge is 0.0100 e. The van der Waals surface area contributed by atoms with E-state index >= 15 is 0 Å². The Hall–Kier alpha value is -1.04. The summed E-state index contributed by atoms with van der Waals surface area (Å²) in [5.41, 5.74) is 3.01. The number of allylic oxidation sites excluding steroid dienone is 1. The molecule has 0 nitrogen and oxygen atoms in total. The molecule has 0 heterocycles. The Morgan fingerprint density at radius 3 is 2.03 bits per heavy atom. The summed E-state index contributed by atoms with van der Waals surface area (Å²) in [6.45, 7) is 6.20. The lowest BCUT2D eigenvalue weighted by atomic mass is 9.63. The number of unbranched alkanes of at least 4 members (excludes halogenated alkanes) is 4. The maximum atomic E-state index is 3.88. The molecule has 1 aromatic rings. The van der Waals surface area contributed by atoms with E-state index in [2.05, 4.69) is 37.8 Å². The Labute approximate surface area is 212 Å². The summed E-state index contributed by atoms with van der Waals surface area (Å²) < 4.78 is 0. The molecule has 3 aliphatic carbocycles. The van der Waals surface area contributed by atoms with E-state index in [1.54, 1.807) is 50.5 Å². The topological polar surface area (TPSA) is 0 Å². The van der Waals surface area contributed by atoms with E-state index in [1.165, 1.54) is 76.2 Å². The van der Waals surface area contributed by atoms with Crippen molar-refractivity contribution in [2.24, 2.45) is 29.6 Å². The molecule has 0 saturated heterocycles. The largest absolute Gasteiger partial charge is 0.103 e. The SMILES string of the molecule is C=CCc1ccc(C2CCC3CC(CCC4CCC(CCCCCCC)CC4)CCC3C2)cc1. The van der Waals surface area contributed by atoms with Crippen LogP contribution in [0.2, 0.25) is 0 Å². The van der Waals surface area contributed by atoms with Crippen LogP contribution in [0.3, 0.4) is 0 Å². The van der Waals surface area contributed by atoms with E-state index in [-0.39, 0.29) is 0 Å². The van der Waals surface area contributed by atoms with Gasteiger partial charge >= 0.3 is 0 Å². The van der Waals surface area contributed by atoms with Crippen molar-refractivity contribution in [1.29, 1.82) is 0 Å². The van der Waals surface area contributed by atoms with E-state index in [1.807, 2.05) is 6.08 Å². The third kappa shape index (κ3) is 7.73. The van der Waals surface area contributed by atoms with Gasteiger partial charge in [0.25, 0.3) is 0 Å². The molecule has 4 atom stereocenters. The van der Waals surface area contributed by atoms with E-state index in [0.29, 0.717) is 0 Å². The summed E-state index contributed by atoms with van der Waals surface area (Å²) >= 11 is 0. The summed E-state index contributed by atoms with van der Waals surface area (Å²) in [6, 6.07) is 9.50. The van der Waals surface area contributed by atoms with Gasteiger partial charge in [-0.05, 0) is 85.2 Å². The van der Waals surface area contributed by atoms with Gasteiger partial charge in [0.1, 0.15) is 0 Å². The molecule has 3 saturated carbocycles. The second-order valence-corrected chi connectivity index (χ2v) is 12.6. The van der Waals surface area contributed by atoms with Gasteiger partial charge in [0.2, 0.25) is 0 Å². The van der Waals surface area contributed by atoms with Gasteiger partial charge in [-0.25, -0.2) is 0 Å². The second kappa shape index (κ2) is 13.9. The first-order valence-electron chi connectivity index (χ1n) is 15.4. The highest BCUT2D eigenvalue weighted by Gasteiger charge is 2.36. The third-order valence-electron chi connectivity index (χ3n) is 10.2. The Kier molecular flexibility index (Phi) is 10.6. The number of benzene rings is 1. The average molecular weight is 463 g/mol. The van der Waals surface area contributed by atoms with E-state index in [0.717, 1.165) is 41.9 Å². The average Bonchev–Trinajstić information content (AvgIpc) is 2.88. The lowest BCUT2D eigenvalue weighted by molar-refractivity contribution is 0.108. The van der Waals surface area contributed by atoms with Crippen LogP contribution in [0.15, 0.2) is 36.9 Å². The molecule has 4 unspecified atom stereocenters. The van der Waals surface area contributed by atoms with Crippen molar-refractivity contribution < 1.29 is 0 Å². The fourth-order valence-corrected chi connectivity index (χ4v) is 7.96. The lowest BCUT2D eigenvalue weighted by Gasteiger charge is -2.43.